The van der Waals surface area contributed by atoms with Crippen LogP contribution in [0.5, 0.6) is 5.75 Å². The Balaban J connectivity index is 2.01. The third-order valence-electron chi connectivity index (χ3n) is 2.89. The van der Waals surface area contributed by atoms with Gasteiger partial charge in [0.25, 0.3) is 0 Å². The SMILES string of the molecule is CC(C)Oc1ccc(NS(=O)(=O)N2CCNCC2)cc1. The van der Waals surface area contributed by atoms with E-state index in [2.05, 4.69) is 10.0 Å². The molecular formula is C13H21N3O3S. The first-order valence-corrected chi connectivity index (χ1v) is 8.17. The number of rotatable bonds is 5. The van der Waals surface area contributed by atoms with Crippen molar-refractivity contribution in [1.29, 1.82) is 0 Å². The van der Waals surface area contributed by atoms with Gasteiger partial charge in [-0.3, -0.25) is 4.72 Å². The van der Waals surface area contributed by atoms with Gasteiger partial charge in [0.2, 0.25) is 0 Å². The van der Waals surface area contributed by atoms with Crippen LogP contribution in [0, 0.1) is 0 Å². The van der Waals surface area contributed by atoms with Gasteiger partial charge in [0.05, 0.1) is 11.8 Å². The van der Waals surface area contributed by atoms with E-state index < -0.39 is 10.2 Å². The number of ether oxygens (including phenoxy) is 1. The van der Waals surface area contributed by atoms with Crippen LogP contribution < -0.4 is 14.8 Å². The second-order valence-electron chi connectivity index (χ2n) is 4.95. The van der Waals surface area contributed by atoms with Gasteiger partial charge < -0.3 is 10.1 Å². The summed E-state index contributed by atoms with van der Waals surface area (Å²) in [5, 5.41) is 3.13. The second kappa shape index (κ2) is 6.43. The molecule has 1 aromatic rings. The van der Waals surface area contributed by atoms with E-state index in [0.717, 1.165) is 5.75 Å². The van der Waals surface area contributed by atoms with Gasteiger partial charge in [-0.1, -0.05) is 0 Å². The van der Waals surface area contributed by atoms with E-state index in [9.17, 15) is 8.42 Å². The maximum absolute atomic E-state index is 12.2. The van der Waals surface area contributed by atoms with E-state index in [1.54, 1.807) is 24.3 Å². The van der Waals surface area contributed by atoms with Crippen molar-refractivity contribution in [3.8, 4) is 5.75 Å². The number of hydrogen-bond donors (Lipinski definition) is 2. The molecule has 1 aliphatic heterocycles. The Morgan fingerprint density at radius 1 is 1.20 bits per heavy atom. The van der Waals surface area contributed by atoms with Crippen molar-refractivity contribution in [2.45, 2.75) is 20.0 Å². The summed E-state index contributed by atoms with van der Waals surface area (Å²) in [6.07, 6.45) is 0.0957. The van der Waals surface area contributed by atoms with E-state index in [1.807, 2.05) is 13.8 Å². The molecule has 1 heterocycles. The molecule has 7 heteroatoms. The fraction of sp³-hybridized carbons (Fsp3) is 0.538. The number of anilines is 1. The third kappa shape index (κ3) is 4.09. The number of nitrogens with one attached hydrogen (secondary N) is 2. The first-order chi connectivity index (χ1) is 9.47. The Kier molecular flexibility index (Phi) is 4.85. The molecule has 0 aromatic heterocycles. The van der Waals surface area contributed by atoms with Gasteiger partial charge in [0, 0.05) is 26.2 Å². The van der Waals surface area contributed by atoms with E-state index in [-0.39, 0.29) is 6.10 Å². The Morgan fingerprint density at radius 2 is 1.80 bits per heavy atom. The standard InChI is InChI=1S/C13H21N3O3S/c1-11(2)19-13-5-3-12(4-6-13)15-20(17,18)16-9-7-14-8-10-16/h3-6,11,14-15H,7-10H2,1-2H3. The predicted molar refractivity (Wildman–Crippen MR) is 79.2 cm³/mol. The van der Waals surface area contributed by atoms with Crippen molar-refractivity contribution >= 4 is 15.9 Å². The van der Waals surface area contributed by atoms with Crippen LogP contribution in [0.3, 0.4) is 0 Å². The summed E-state index contributed by atoms with van der Waals surface area (Å²) in [5.41, 5.74) is 0.541. The van der Waals surface area contributed by atoms with E-state index in [0.29, 0.717) is 31.9 Å². The minimum atomic E-state index is -3.47. The fourth-order valence-corrected chi connectivity index (χ4v) is 3.20. The lowest BCUT2D eigenvalue weighted by molar-refractivity contribution is 0.242. The minimum absolute atomic E-state index is 0.0957. The second-order valence-corrected chi connectivity index (χ2v) is 6.62. The van der Waals surface area contributed by atoms with Gasteiger partial charge >= 0.3 is 10.2 Å². The molecule has 1 saturated heterocycles. The van der Waals surface area contributed by atoms with Crippen LogP contribution in [0.25, 0.3) is 0 Å². The van der Waals surface area contributed by atoms with Crippen LogP contribution in [0.2, 0.25) is 0 Å². The molecule has 0 unspecified atom stereocenters. The van der Waals surface area contributed by atoms with Gasteiger partial charge in [-0.15, -0.1) is 0 Å². The lowest BCUT2D eigenvalue weighted by Crippen LogP contribution is -2.48. The van der Waals surface area contributed by atoms with Gasteiger partial charge in [-0.25, -0.2) is 0 Å². The summed E-state index contributed by atoms with van der Waals surface area (Å²) < 4.78 is 33.9. The molecule has 0 spiro atoms. The first-order valence-electron chi connectivity index (χ1n) is 6.73. The van der Waals surface area contributed by atoms with Gasteiger partial charge in [-0.05, 0) is 38.1 Å². The molecular weight excluding hydrogens is 278 g/mol. The summed E-state index contributed by atoms with van der Waals surface area (Å²) in [6.45, 7) is 6.24. The highest BCUT2D eigenvalue weighted by Crippen LogP contribution is 2.18. The van der Waals surface area contributed by atoms with Gasteiger partial charge in [-0.2, -0.15) is 12.7 Å². The van der Waals surface area contributed by atoms with Crippen LogP contribution >= 0.6 is 0 Å². The van der Waals surface area contributed by atoms with Crippen molar-refractivity contribution in [2.75, 3.05) is 30.9 Å². The summed E-state index contributed by atoms with van der Waals surface area (Å²) in [6, 6.07) is 6.93. The third-order valence-corrected chi connectivity index (χ3v) is 4.43. The highest BCUT2D eigenvalue weighted by molar-refractivity contribution is 7.90. The van der Waals surface area contributed by atoms with E-state index in [1.165, 1.54) is 4.31 Å². The van der Waals surface area contributed by atoms with Crippen molar-refractivity contribution in [3.63, 3.8) is 0 Å². The normalized spacial score (nSPS) is 17.1. The Morgan fingerprint density at radius 3 is 2.35 bits per heavy atom. The first kappa shape index (κ1) is 15.1. The Bertz CT molecular complexity index is 522. The molecule has 20 heavy (non-hydrogen) atoms. The van der Waals surface area contributed by atoms with Gasteiger partial charge in [0.1, 0.15) is 5.75 Å². The largest absolute Gasteiger partial charge is 0.491 e. The zero-order chi connectivity index (χ0) is 14.6. The summed E-state index contributed by atoms with van der Waals surface area (Å²) in [4.78, 5) is 0. The lowest BCUT2D eigenvalue weighted by Gasteiger charge is -2.26. The summed E-state index contributed by atoms with van der Waals surface area (Å²) in [5.74, 6) is 0.727. The highest BCUT2D eigenvalue weighted by atomic mass is 32.2. The molecule has 1 fully saturated rings. The topological polar surface area (TPSA) is 70.7 Å². The number of benzene rings is 1. The average molecular weight is 299 g/mol. The van der Waals surface area contributed by atoms with Crippen molar-refractivity contribution in [3.05, 3.63) is 24.3 Å². The number of nitrogens with zero attached hydrogens (tertiary/aromatic N) is 1. The smallest absolute Gasteiger partial charge is 0.301 e. The van der Waals surface area contributed by atoms with Crippen LogP contribution in [0.15, 0.2) is 24.3 Å². The number of hydrogen-bond acceptors (Lipinski definition) is 4. The minimum Gasteiger partial charge on any atom is -0.491 e. The van der Waals surface area contributed by atoms with Crippen LogP contribution in [0.4, 0.5) is 5.69 Å². The number of piperazine rings is 1. The highest BCUT2D eigenvalue weighted by Gasteiger charge is 2.23. The maximum atomic E-state index is 12.2. The monoisotopic (exact) mass is 299 g/mol. The Labute approximate surface area is 120 Å². The fourth-order valence-electron chi connectivity index (χ4n) is 1.97. The molecule has 6 nitrogen and oxygen atoms in total. The maximum Gasteiger partial charge on any atom is 0.301 e. The zero-order valence-corrected chi connectivity index (χ0v) is 12.6. The quantitative estimate of drug-likeness (QED) is 0.852. The molecule has 0 bridgehead atoms. The van der Waals surface area contributed by atoms with Crippen LogP contribution in [-0.4, -0.2) is 45.0 Å². The van der Waals surface area contributed by atoms with Crippen molar-refractivity contribution in [1.82, 2.24) is 9.62 Å². The molecule has 1 aromatic carbocycles. The predicted octanol–water partition coefficient (Wildman–Crippen LogP) is 1.04. The molecule has 0 saturated carbocycles. The Hall–Kier alpha value is -1.31. The molecule has 2 rings (SSSR count). The average Bonchev–Trinajstić information content (AvgIpc) is 2.41. The van der Waals surface area contributed by atoms with Crippen molar-refractivity contribution < 1.29 is 13.2 Å². The lowest BCUT2D eigenvalue weighted by atomic mass is 10.3. The van der Waals surface area contributed by atoms with Crippen LogP contribution in [-0.2, 0) is 10.2 Å². The van der Waals surface area contributed by atoms with Crippen LogP contribution in [0.1, 0.15) is 13.8 Å². The molecule has 0 atom stereocenters. The van der Waals surface area contributed by atoms with Crippen molar-refractivity contribution in [2.24, 2.45) is 0 Å². The summed E-state index contributed by atoms with van der Waals surface area (Å²) >= 11 is 0. The molecule has 0 amide bonds. The van der Waals surface area contributed by atoms with E-state index in [4.69, 9.17) is 4.74 Å². The molecule has 0 aliphatic carbocycles. The molecule has 0 radical (unpaired) electrons. The summed E-state index contributed by atoms with van der Waals surface area (Å²) in [7, 11) is -3.47. The zero-order valence-electron chi connectivity index (χ0n) is 11.8. The van der Waals surface area contributed by atoms with Gasteiger partial charge in [0.15, 0.2) is 0 Å². The molecule has 1 aliphatic rings. The van der Waals surface area contributed by atoms with E-state index >= 15 is 0 Å². The molecule has 112 valence electrons. The molecule has 2 N–H and O–H groups in total.